The zero-order valence-corrected chi connectivity index (χ0v) is 8.22. The van der Waals surface area contributed by atoms with Gasteiger partial charge in [0.2, 0.25) is 0 Å². The van der Waals surface area contributed by atoms with E-state index < -0.39 is 15.4 Å². The zero-order valence-electron chi connectivity index (χ0n) is 7.41. The number of benzene rings is 1. The highest BCUT2D eigenvalue weighted by molar-refractivity contribution is 7.86. The fourth-order valence-corrected chi connectivity index (χ4v) is 1.68. The summed E-state index contributed by atoms with van der Waals surface area (Å²) in [6, 6.07) is 8.33. The number of para-hydroxylation sites is 1. The molecule has 2 rings (SSSR count). The molecule has 0 N–H and O–H groups in total. The third kappa shape index (κ3) is 1.86. The number of aromatic nitrogens is 3. The Kier molecular flexibility index (Phi) is 2.24. The Labute approximate surface area is 85.4 Å². The molecule has 0 saturated carbocycles. The van der Waals surface area contributed by atoms with E-state index in [0.717, 1.165) is 11.0 Å². The van der Waals surface area contributed by atoms with Crippen molar-refractivity contribution in [3.05, 3.63) is 36.7 Å². The molecule has 2 aromatic rings. The predicted octanol–water partition coefficient (Wildman–Crippen LogP) is 0.925. The Morgan fingerprint density at radius 1 is 1.20 bits per heavy atom. The molecule has 0 aliphatic carbocycles. The number of halogens is 1. The second-order valence-electron chi connectivity index (χ2n) is 2.73. The van der Waals surface area contributed by atoms with E-state index in [1.54, 1.807) is 30.3 Å². The lowest BCUT2D eigenvalue weighted by molar-refractivity contribution is 0.536. The number of nitrogens with zero attached hydrogens (tertiary/aromatic N) is 3. The molecule has 0 bridgehead atoms. The fourth-order valence-electron chi connectivity index (χ4n) is 1.14. The summed E-state index contributed by atoms with van der Waals surface area (Å²) in [6.45, 7) is 0. The van der Waals surface area contributed by atoms with Crippen molar-refractivity contribution in [1.82, 2.24) is 14.8 Å². The van der Waals surface area contributed by atoms with Crippen molar-refractivity contribution in [1.29, 1.82) is 0 Å². The van der Waals surface area contributed by atoms with Crippen LogP contribution in [-0.4, -0.2) is 23.2 Å². The average Bonchev–Trinajstić information content (AvgIpc) is 2.67. The molecule has 0 saturated heterocycles. The van der Waals surface area contributed by atoms with Crippen LogP contribution in [0.15, 0.2) is 41.8 Å². The summed E-state index contributed by atoms with van der Waals surface area (Å²) >= 11 is 0. The van der Waals surface area contributed by atoms with Crippen LogP contribution in [0.4, 0.5) is 3.89 Å². The van der Waals surface area contributed by atoms with Crippen molar-refractivity contribution in [3.63, 3.8) is 0 Å². The maximum Gasteiger partial charge on any atom is 0.368 e. The van der Waals surface area contributed by atoms with Gasteiger partial charge in [-0.05, 0) is 12.1 Å². The predicted molar refractivity (Wildman–Crippen MR) is 49.7 cm³/mol. The molecule has 1 aromatic heterocycles. The summed E-state index contributed by atoms with van der Waals surface area (Å²) in [4.78, 5) is 3.35. The van der Waals surface area contributed by atoms with Crippen LogP contribution in [0, 0.1) is 0 Å². The van der Waals surface area contributed by atoms with Crippen LogP contribution in [0.3, 0.4) is 0 Å². The van der Waals surface area contributed by atoms with Crippen LogP contribution in [0.1, 0.15) is 0 Å². The standard InChI is InChI=1S/C8H6FN3O2S/c9-15(13,14)8-10-6-11-12(8)7-4-2-1-3-5-7/h1-6H. The van der Waals surface area contributed by atoms with Crippen LogP contribution in [0.25, 0.3) is 5.69 Å². The highest BCUT2D eigenvalue weighted by atomic mass is 32.3. The van der Waals surface area contributed by atoms with Crippen molar-refractivity contribution in [2.24, 2.45) is 0 Å². The molecule has 5 nitrogen and oxygen atoms in total. The summed E-state index contributed by atoms with van der Waals surface area (Å²) < 4.78 is 35.1. The highest BCUT2D eigenvalue weighted by Crippen LogP contribution is 2.13. The van der Waals surface area contributed by atoms with Gasteiger partial charge >= 0.3 is 10.2 Å². The van der Waals surface area contributed by atoms with Gasteiger partial charge < -0.3 is 0 Å². The van der Waals surface area contributed by atoms with Gasteiger partial charge in [-0.2, -0.15) is 13.5 Å². The van der Waals surface area contributed by atoms with Gasteiger partial charge in [-0.15, -0.1) is 0 Å². The first-order chi connectivity index (χ1) is 7.09. The molecule has 1 heterocycles. The molecule has 78 valence electrons. The summed E-state index contributed by atoms with van der Waals surface area (Å²) in [5.74, 6) is 0. The number of hydrogen-bond donors (Lipinski definition) is 0. The van der Waals surface area contributed by atoms with E-state index in [9.17, 15) is 12.3 Å². The molecule has 15 heavy (non-hydrogen) atoms. The minimum atomic E-state index is -4.85. The quantitative estimate of drug-likeness (QED) is 0.716. The molecule has 0 fully saturated rings. The molecule has 0 spiro atoms. The Hall–Kier alpha value is -1.76. The number of rotatable bonds is 2. The molecule has 0 atom stereocenters. The summed E-state index contributed by atoms with van der Waals surface area (Å²) in [7, 11) is -4.85. The lowest BCUT2D eigenvalue weighted by Gasteiger charge is -2.01. The molecule has 0 radical (unpaired) electrons. The van der Waals surface area contributed by atoms with E-state index in [2.05, 4.69) is 10.1 Å². The van der Waals surface area contributed by atoms with Gasteiger partial charge in [-0.25, -0.2) is 9.67 Å². The average molecular weight is 227 g/mol. The normalized spacial score (nSPS) is 11.5. The zero-order chi connectivity index (χ0) is 10.9. The van der Waals surface area contributed by atoms with E-state index in [-0.39, 0.29) is 0 Å². The maximum atomic E-state index is 12.7. The van der Waals surface area contributed by atoms with Gasteiger partial charge in [0.25, 0.3) is 5.16 Å². The molecular weight excluding hydrogens is 221 g/mol. The second-order valence-corrected chi connectivity index (χ2v) is 3.97. The van der Waals surface area contributed by atoms with Gasteiger partial charge in [0, 0.05) is 0 Å². The van der Waals surface area contributed by atoms with Crippen LogP contribution >= 0.6 is 0 Å². The van der Waals surface area contributed by atoms with Crippen molar-refractivity contribution in [2.75, 3.05) is 0 Å². The summed E-state index contributed by atoms with van der Waals surface area (Å²) in [6.07, 6.45) is 0.986. The molecule has 0 amide bonds. The van der Waals surface area contributed by atoms with Crippen molar-refractivity contribution in [2.45, 2.75) is 5.16 Å². The summed E-state index contributed by atoms with van der Waals surface area (Å²) in [5.41, 5.74) is 0.436. The van der Waals surface area contributed by atoms with Crippen molar-refractivity contribution >= 4 is 10.2 Å². The van der Waals surface area contributed by atoms with Gasteiger partial charge in [0.1, 0.15) is 6.33 Å². The van der Waals surface area contributed by atoms with Crippen LogP contribution in [-0.2, 0) is 10.2 Å². The maximum absolute atomic E-state index is 12.7. The lowest BCUT2D eigenvalue weighted by Crippen LogP contribution is -2.06. The molecule has 0 aliphatic heterocycles. The van der Waals surface area contributed by atoms with Gasteiger partial charge in [0.05, 0.1) is 5.69 Å². The SMILES string of the molecule is O=S(=O)(F)c1ncnn1-c1ccccc1. The first-order valence-electron chi connectivity index (χ1n) is 3.99. The van der Waals surface area contributed by atoms with E-state index >= 15 is 0 Å². The third-order valence-corrected chi connectivity index (χ3v) is 2.45. The first-order valence-corrected chi connectivity index (χ1v) is 5.37. The van der Waals surface area contributed by atoms with E-state index in [1.165, 1.54) is 0 Å². The Morgan fingerprint density at radius 3 is 2.47 bits per heavy atom. The number of hydrogen-bond acceptors (Lipinski definition) is 4. The fraction of sp³-hybridized carbons (Fsp3) is 0. The summed E-state index contributed by atoms with van der Waals surface area (Å²) in [5, 5.41) is 2.93. The Balaban J connectivity index is 2.61. The lowest BCUT2D eigenvalue weighted by atomic mass is 10.3. The minimum Gasteiger partial charge on any atom is -0.202 e. The first kappa shape index (κ1) is 9.78. The van der Waals surface area contributed by atoms with Crippen LogP contribution < -0.4 is 0 Å². The van der Waals surface area contributed by atoms with Gasteiger partial charge in [-0.1, -0.05) is 22.1 Å². The van der Waals surface area contributed by atoms with E-state index in [0.29, 0.717) is 5.69 Å². The van der Waals surface area contributed by atoms with E-state index in [4.69, 9.17) is 0 Å². The van der Waals surface area contributed by atoms with Gasteiger partial charge in [0.15, 0.2) is 0 Å². The smallest absolute Gasteiger partial charge is 0.202 e. The Morgan fingerprint density at radius 2 is 1.87 bits per heavy atom. The minimum absolute atomic E-state index is 0.436. The molecule has 0 aliphatic rings. The van der Waals surface area contributed by atoms with Gasteiger partial charge in [-0.3, -0.25) is 0 Å². The van der Waals surface area contributed by atoms with Crippen molar-refractivity contribution in [3.8, 4) is 5.69 Å². The van der Waals surface area contributed by atoms with Crippen molar-refractivity contribution < 1.29 is 12.3 Å². The molecule has 1 aromatic carbocycles. The second kappa shape index (κ2) is 3.43. The topological polar surface area (TPSA) is 64.8 Å². The van der Waals surface area contributed by atoms with E-state index in [1.807, 2.05) is 0 Å². The van der Waals surface area contributed by atoms with Crippen LogP contribution in [0.5, 0.6) is 0 Å². The highest BCUT2D eigenvalue weighted by Gasteiger charge is 2.20. The Bertz CT molecular complexity index is 565. The molecular formula is C8H6FN3O2S. The molecule has 7 heteroatoms. The molecule has 0 unspecified atom stereocenters. The largest absolute Gasteiger partial charge is 0.368 e. The monoisotopic (exact) mass is 227 g/mol. The third-order valence-electron chi connectivity index (χ3n) is 1.74. The van der Waals surface area contributed by atoms with Crippen LogP contribution in [0.2, 0.25) is 0 Å².